The van der Waals surface area contributed by atoms with E-state index in [1.807, 2.05) is 6.07 Å². The second-order valence-electron chi connectivity index (χ2n) is 3.31. The molecule has 0 saturated heterocycles. The van der Waals surface area contributed by atoms with Crippen molar-refractivity contribution in [2.45, 2.75) is 4.83 Å². The van der Waals surface area contributed by atoms with Gasteiger partial charge < -0.3 is 0 Å². The van der Waals surface area contributed by atoms with Crippen molar-refractivity contribution >= 4 is 70.7 Å². The summed E-state index contributed by atoms with van der Waals surface area (Å²) < 4.78 is 15.7. The van der Waals surface area contributed by atoms with Gasteiger partial charge >= 0.3 is 0 Å². The summed E-state index contributed by atoms with van der Waals surface area (Å²) in [6.07, 6.45) is 0. The first-order valence-electron chi connectivity index (χ1n) is 4.53. The standard InChI is InChI=1S/C11H5Br3ClFS/c12-9-4-7(11(14)17-9)10(13)6-3-5(15)1-2-8(6)16/h1-4,10H. The van der Waals surface area contributed by atoms with Crippen molar-refractivity contribution < 1.29 is 4.39 Å². The number of thiophene rings is 1. The van der Waals surface area contributed by atoms with Crippen molar-refractivity contribution in [3.8, 4) is 0 Å². The van der Waals surface area contributed by atoms with Crippen molar-refractivity contribution in [3.63, 3.8) is 0 Å². The Kier molecular flexibility index (Phi) is 4.69. The summed E-state index contributed by atoms with van der Waals surface area (Å²) in [5.74, 6) is -0.273. The molecule has 17 heavy (non-hydrogen) atoms. The maximum absolute atomic E-state index is 13.7. The Morgan fingerprint density at radius 1 is 1.18 bits per heavy atom. The van der Waals surface area contributed by atoms with Crippen LogP contribution in [0.1, 0.15) is 16.0 Å². The van der Waals surface area contributed by atoms with Crippen LogP contribution in [0.25, 0.3) is 0 Å². The lowest BCUT2D eigenvalue weighted by Crippen LogP contribution is -1.95. The third kappa shape index (κ3) is 3.13. The minimum atomic E-state index is -0.273. The van der Waals surface area contributed by atoms with Gasteiger partial charge in [0.2, 0.25) is 0 Å². The van der Waals surface area contributed by atoms with Gasteiger partial charge in [-0.2, -0.15) is 0 Å². The van der Waals surface area contributed by atoms with Crippen LogP contribution >= 0.6 is 70.7 Å². The molecular weight excluding hydrogens is 458 g/mol. The molecule has 0 amide bonds. The maximum atomic E-state index is 13.7. The summed E-state index contributed by atoms with van der Waals surface area (Å²) in [5.41, 5.74) is 1.51. The zero-order valence-electron chi connectivity index (χ0n) is 8.18. The molecule has 0 bridgehead atoms. The molecule has 2 rings (SSSR count). The van der Waals surface area contributed by atoms with E-state index >= 15 is 0 Å². The van der Waals surface area contributed by atoms with Crippen molar-refractivity contribution in [1.82, 2.24) is 0 Å². The van der Waals surface area contributed by atoms with Crippen LogP contribution in [-0.4, -0.2) is 0 Å². The van der Waals surface area contributed by atoms with Gasteiger partial charge in [0.25, 0.3) is 0 Å². The van der Waals surface area contributed by atoms with Gasteiger partial charge in [-0.3, -0.25) is 0 Å². The Labute approximate surface area is 133 Å². The second kappa shape index (κ2) is 5.70. The molecule has 0 nitrogen and oxygen atoms in total. The van der Waals surface area contributed by atoms with Crippen LogP contribution in [0.15, 0.2) is 31.8 Å². The van der Waals surface area contributed by atoms with Crippen LogP contribution < -0.4 is 0 Å². The van der Waals surface area contributed by atoms with Crippen molar-refractivity contribution in [1.29, 1.82) is 0 Å². The fourth-order valence-electron chi connectivity index (χ4n) is 1.40. The van der Waals surface area contributed by atoms with Crippen molar-refractivity contribution in [2.75, 3.05) is 0 Å². The molecule has 0 aliphatic rings. The molecule has 1 aromatic carbocycles. The minimum Gasteiger partial charge on any atom is -0.207 e. The smallest absolute Gasteiger partial charge is 0.127 e. The average molecular weight is 463 g/mol. The first-order chi connectivity index (χ1) is 7.99. The van der Waals surface area contributed by atoms with E-state index < -0.39 is 0 Å². The van der Waals surface area contributed by atoms with E-state index in [4.69, 9.17) is 11.6 Å². The highest BCUT2D eigenvalue weighted by molar-refractivity contribution is 9.12. The van der Waals surface area contributed by atoms with Crippen molar-refractivity contribution in [3.05, 3.63) is 53.8 Å². The summed E-state index contributed by atoms with van der Waals surface area (Å²) in [6.45, 7) is 0. The quantitative estimate of drug-likeness (QED) is 0.443. The molecule has 0 saturated carbocycles. The Morgan fingerprint density at radius 2 is 1.88 bits per heavy atom. The summed E-state index contributed by atoms with van der Waals surface area (Å²) in [5, 5.41) is 0.524. The van der Waals surface area contributed by atoms with Crippen LogP contribution in [0, 0.1) is 5.82 Å². The molecule has 0 aliphatic heterocycles. The van der Waals surface area contributed by atoms with E-state index in [-0.39, 0.29) is 10.6 Å². The zero-order chi connectivity index (χ0) is 12.6. The fourth-order valence-corrected chi connectivity index (χ4v) is 5.66. The number of halogens is 5. The highest BCUT2D eigenvalue weighted by Gasteiger charge is 2.19. The predicted molar refractivity (Wildman–Crippen MR) is 81.9 cm³/mol. The van der Waals surface area contributed by atoms with Gasteiger partial charge in [0.1, 0.15) is 5.82 Å². The van der Waals surface area contributed by atoms with Crippen LogP contribution in [-0.2, 0) is 0 Å². The molecule has 1 aromatic heterocycles. The highest BCUT2D eigenvalue weighted by atomic mass is 79.9. The predicted octanol–water partition coefficient (Wildman–Crippen LogP) is 6.55. The molecule has 0 radical (unpaired) electrons. The summed E-state index contributed by atoms with van der Waals surface area (Å²) in [6, 6.07) is 6.50. The fraction of sp³-hybridized carbons (Fsp3) is 0.0909. The topological polar surface area (TPSA) is 0 Å². The number of alkyl halides is 1. The molecule has 2 aromatic rings. The molecule has 90 valence electrons. The Bertz CT molecular complexity index is 556. The van der Waals surface area contributed by atoms with E-state index in [1.54, 1.807) is 23.5 Å². The number of hydrogen-bond acceptors (Lipinski definition) is 1. The normalized spacial score (nSPS) is 12.8. The van der Waals surface area contributed by atoms with Gasteiger partial charge in [-0.15, -0.1) is 11.3 Å². The van der Waals surface area contributed by atoms with Crippen LogP contribution in [0.3, 0.4) is 0 Å². The molecule has 1 heterocycles. The van der Waals surface area contributed by atoms with E-state index in [2.05, 4.69) is 47.8 Å². The number of hydrogen-bond donors (Lipinski definition) is 0. The first kappa shape index (κ1) is 14.0. The van der Waals surface area contributed by atoms with E-state index in [0.29, 0.717) is 10.6 Å². The Morgan fingerprint density at radius 3 is 2.47 bits per heavy atom. The van der Waals surface area contributed by atoms with Crippen LogP contribution in [0.2, 0.25) is 5.02 Å². The molecule has 6 heteroatoms. The third-order valence-electron chi connectivity index (χ3n) is 2.19. The second-order valence-corrected chi connectivity index (χ2v) is 8.41. The molecule has 0 aliphatic carbocycles. The zero-order valence-corrected chi connectivity index (χ0v) is 14.5. The largest absolute Gasteiger partial charge is 0.207 e. The van der Waals surface area contributed by atoms with Gasteiger partial charge in [-0.25, -0.2) is 4.39 Å². The molecule has 0 fully saturated rings. The van der Waals surface area contributed by atoms with Gasteiger partial charge in [0.15, 0.2) is 0 Å². The van der Waals surface area contributed by atoms with Gasteiger partial charge in [-0.05, 0) is 61.7 Å². The third-order valence-corrected chi connectivity index (χ3v) is 5.79. The number of benzene rings is 1. The highest BCUT2D eigenvalue weighted by Crippen LogP contribution is 2.42. The van der Waals surface area contributed by atoms with Gasteiger partial charge in [-0.1, -0.05) is 27.5 Å². The summed E-state index contributed by atoms with van der Waals surface area (Å²) >= 11 is 17.8. The van der Waals surface area contributed by atoms with Crippen LogP contribution in [0.5, 0.6) is 0 Å². The Balaban J connectivity index is 2.46. The lowest BCUT2D eigenvalue weighted by atomic mass is 10.1. The lowest BCUT2D eigenvalue weighted by molar-refractivity contribution is 0.613. The average Bonchev–Trinajstić information content (AvgIpc) is 2.60. The van der Waals surface area contributed by atoms with Gasteiger partial charge in [0.05, 0.1) is 12.4 Å². The molecule has 0 spiro atoms. The van der Waals surface area contributed by atoms with E-state index in [1.165, 1.54) is 6.07 Å². The van der Waals surface area contributed by atoms with Crippen molar-refractivity contribution in [2.24, 2.45) is 0 Å². The Hall–Kier alpha value is 0.580. The molecular formula is C11H5Br3ClFS. The molecule has 0 N–H and O–H groups in total. The van der Waals surface area contributed by atoms with E-state index in [9.17, 15) is 4.39 Å². The molecule has 1 atom stereocenters. The van der Waals surface area contributed by atoms with Gasteiger partial charge in [0, 0.05) is 10.6 Å². The first-order valence-corrected chi connectivity index (χ1v) is 8.22. The summed E-state index contributed by atoms with van der Waals surface area (Å²) in [4.78, 5) is -0.224. The summed E-state index contributed by atoms with van der Waals surface area (Å²) in [7, 11) is 0. The van der Waals surface area contributed by atoms with Crippen LogP contribution in [0.4, 0.5) is 4.39 Å². The van der Waals surface area contributed by atoms with E-state index in [0.717, 1.165) is 13.1 Å². The minimum absolute atomic E-state index is 0.224. The lowest BCUT2D eigenvalue weighted by Gasteiger charge is -2.11. The molecule has 1 unspecified atom stereocenters. The monoisotopic (exact) mass is 460 g/mol. The maximum Gasteiger partial charge on any atom is 0.127 e. The number of rotatable bonds is 2. The SMILES string of the molecule is Fc1ccc(Cl)cc1C(Br)c1cc(Br)sc1Br.